The van der Waals surface area contributed by atoms with Gasteiger partial charge in [-0.1, -0.05) is 63.1 Å². The molecular weight excluding hydrogens is 460 g/mol. The van der Waals surface area contributed by atoms with E-state index in [0.717, 1.165) is 16.7 Å². The molecule has 0 heterocycles. The molecule has 0 spiro atoms. The molecule has 0 saturated heterocycles. The lowest BCUT2D eigenvalue weighted by molar-refractivity contribution is 0.0937. The van der Waals surface area contributed by atoms with Crippen molar-refractivity contribution in [3.8, 4) is 22.6 Å². The number of ether oxygens (including phenoxy) is 1. The Morgan fingerprint density at radius 2 is 1.69 bits per heavy atom. The molecule has 0 aliphatic heterocycles. The number of ketones is 1. The van der Waals surface area contributed by atoms with Gasteiger partial charge in [-0.15, -0.1) is 0 Å². The molecule has 3 aromatic rings. The molecule has 3 rings (SSSR count). The van der Waals surface area contributed by atoms with E-state index in [0.29, 0.717) is 35.6 Å². The maximum atomic E-state index is 12.6. The van der Waals surface area contributed by atoms with Gasteiger partial charge in [0.25, 0.3) is 0 Å². The molecule has 7 heteroatoms. The average Bonchev–Trinajstić information content (AvgIpc) is 2.79. The zero-order chi connectivity index (χ0) is 25.6. The van der Waals surface area contributed by atoms with Gasteiger partial charge in [0.05, 0.1) is 5.56 Å². The van der Waals surface area contributed by atoms with Crippen molar-refractivity contribution in [2.24, 2.45) is 5.41 Å². The summed E-state index contributed by atoms with van der Waals surface area (Å²) in [6, 6.07) is 18.7. The molecule has 0 radical (unpaired) electrons. The van der Waals surface area contributed by atoms with Crippen molar-refractivity contribution >= 4 is 29.4 Å². The molecule has 3 N–H and O–H groups in total. The van der Waals surface area contributed by atoms with Crippen LogP contribution in [-0.2, 0) is 6.61 Å². The third-order valence-corrected chi connectivity index (χ3v) is 5.73. The van der Waals surface area contributed by atoms with Crippen LogP contribution >= 0.6 is 11.9 Å². The first-order valence-corrected chi connectivity index (χ1v) is 12.6. The summed E-state index contributed by atoms with van der Waals surface area (Å²) < 4.78 is 8.63. The van der Waals surface area contributed by atoms with Crippen LogP contribution in [0.25, 0.3) is 11.1 Å². The molecule has 6 nitrogen and oxygen atoms in total. The predicted octanol–water partition coefficient (Wildman–Crippen LogP) is 6.97. The zero-order valence-electron chi connectivity index (χ0n) is 20.8. The van der Waals surface area contributed by atoms with Gasteiger partial charge in [-0.05, 0) is 59.4 Å². The molecule has 0 unspecified atom stereocenters. The van der Waals surface area contributed by atoms with Gasteiger partial charge in [0.1, 0.15) is 18.1 Å². The maximum Gasteiger partial charge on any atom is 0.329 e. The highest BCUT2D eigenvalue weighted by Gasteiger charge is 2.21. The number of carbonyl (C=O) groups is 2. The highest BCUT2D eigenvalue weighted by Crippen LogP contribution is 2.34. The summed E-state index contributed by atoms with van der Waals surface area (Å²) in [6.45, 7) is 8.04. The van der Waals surface area contributed by atoms with E-state index in [4.69, 9.17) is 4.74 Å². The smallest absolute Gasteiger partial charge is 0.329 e. The normalized spacial score (nSPS) is 11.1. The first-order chi connectivity index (χ1) is 16.6. The monoisotopic (exact) mass is 492 g/mol. The van der Waals surface area contributed by atoms with Crippen molar-refractivity contribution in [3.05, 3.63) is 77.4 Å². The van der Waals surface area contributed by atoms with Gasteiger partial charge in [0.2, 0.25) is 0 Å². The Hall–Kier alpha value is -3.45. The van der Waals surface area contributed by atoms with Gasteiger partial charge in [-0.2, -0.15) is 0 Å². The second kappa shape index (κ2) is 11.3. The van der Waals surface area contributed by atoms with Crippen molar-refractivity contribution in [3.63, 3.8) is 0 Å². The highest BCUT2D eigenvalue weighted by molar-refractivity contribution is 7.97. The molecule has 0 aromatic heterocycles. The fourth-order valence-corrected chi connectivity index (χ4v) is 3.90. The molecule has 0 saturated carbocycles. The highest BCUT2D eigenvalue weighted by atomic mass is 32.2. The molecule has 35 heavy (non-hydrogen) atoms. The Kier molecular flexibility index (Phi) is 8.46. The zero-order valence-corrected chi connectivity index (χ0v) is 21.6. The van der Waals surface area contributed by atoms with Crippen LogP contribution < -0.4 is 14.8 Å². The molecule has 0 bridgehead atoms. The lowest BCUT2D eigenvalue weighted by Gasteiger charge is -2.18. The molecule has 2 amide bonds. The van der Waals surface area contributed by atoms with Crippen LogP contribution in [0.3, 0.4) is 0 Å². The quantitative estimate of drug-likeness (QED) is 0.234. The van der Waals surface area contributed by atoms with Gasteiger partial charge in [-0.25, -0.2) is 4.79 Å². The first kappa shape index (κ1) is 26.2. The Morgan fingerprint density at radius 3 is 2.37 bits per heavy atom. The van der Waals surface area contributed by atoms with Crippen LogP contribution in [0.5, 0.6) is 11.5 Å². The van der Waals surface area contributed by atoms with Gasteiger partial charge in [-0.3, -0.25) is 9.52 Å². The van der Waals surface area contributed by atoms with E-state index in [1.165, 1.54) is 11.9 Å². The number of phenolic OH excluding ortho intramolecular Hbond substituents is 1. The van der Waals surface area contributed by atoms with Gasteiger partial charge >= 0.3 is 6.03 Å². The minimum atomic E-state index is -0.276. The Bertz CT molecular complexity index is 1220. The minimum Gasteiger partial charge on any atom is -0.507 e. The van der Waals surface area contributed by atoms with E-state index >= 15 is 0 Å². The summed E-state index contributed by atoms with van der Waals surface area (Å²) in [4.78, 5) is 24.4. The number of amides is 2. The molecule has 0 aliphatic rings. The number of phenols is 1. The van der Waals surface area contributed by atoms with Crippen molar-refractivity contribution in [1.82, 2.24) is 4.72 Å². The topological polar surface area (TPSA) is 87.7 Å². The van der Waals surface area contributed by atoms with E-state index in [-0.39, 0.29) is 23.0 Å². The average molecular weight is 493 g/mol. The van der Waals surface area contributed by atoms with Crippen LogP contribution in [-0.4, -0.2) is 23.2 Å². The number of aromatic hydroxyl groups is 1. The number of Topliss-reactive ketones (excluding diaryl/α,β-unsaturated/α-hetero) is 1. The standard InChI is InChI=1S/C28H32N2O4S/c1-18-25(13-12-23(26(18)32)24(31)16-28(2,3)4)34-17-19-8-6-9-20(14-19)21-10-7-11-22(15-21)29-27(33)30-35-5/h6-15,32H,16-17H2,1-5H3,(H2,29,30,33). The minimum absolute atomic E-state index is 0.0275. The number of anilines is 1. The lowest BCUT2D eigenvalue weighted by Crippen LogP contribution is -2.22. The van der Waals surface area contributed by atoms with Crippen molar-refractivity contribution in [2.75, 3.05) is 11.6 Å². The Labute approximate surface area is 211 Å². The van der Waals surface area contributed by atoms with Crippen LogP contribution in [0, 0.1) is 12.3 Å². The third-order valence-electron chi connectivity index (χ3n) is 5.34. The van der Waals surface area contributed by atoms with Crippen molar-refractivity contribution in [1.29, 1.82) is 0 Å². The van der Waals surface area contributed by atoms with Crippen molar-refractivity contribution < 1.29 is 19.4 Å². The Balaban J connectivity index is 1.73. The van der Waals surface area contributed by atoms with Crippen LogP contribution in [0.4, 0.5) is 10.5 Å². The number of hydrogen-bond donors (Lipinski definition) is 3. The molecule has 0 aliphatic carbocycles. The number of rotatable bonds is 8. The van der Waals surface area contributed by atoms with E-state index in [2.05, 4.69) is 10.0 Å². The number of carbonyl (C=O) groups excluding carboxylic acids is 2. The van der Waals surface area contributed by atoms with Gasteiger partial charge in [0.15, 0.2) is 5.78 Å². The first-order valence-electron chi connectivity index (χ1n) is 11.4. The summed E-state index contributed by atoms with van der Waals surface area (Å²) in [6.07, 6.45) is 2.14. The molecule has 3 aromatic carbocycles. The summed E-state index contributed by atoms with van der Waals surface area (Å²) in [7, 11) is 0. The summed E-state index contributed by atoms with van der Waals surface area (Å²) in [5, 5.41) is 13.4. The predicted molar refractivity (Wildman–Crippen MR) is 143 cm³/mol. The fourth-order valence-electron chi connectivity index (χ4n) is 3.67. The second-order valence-electron chi connectivity index (χ2n) is 9.58. The fraction of sp³-hybridized carbons (Fsp3) is 0.286. The Morgan fingerprint density at radius 1 is 1.00 bits per heavy atom. The summed E-state index contributed by atoms with van der Waals surface area (Å²) in [5.41, 5.74) is 4.31. The van der Waals surface area contributed by atoms with E-state index in [1.807, 2.05) is 69.3 Å². The van der Waals surface area contributed by atoms with E-state index in [9.17, 15) is 14.7 Å². The maximum absolute atomic E-state index is 12.6. The van der Waals surface area contributed by atoms with Gasteiger partial charge in [0, 0.05) is 23.9 Å². The second-order valence-corrected chi connectivity index (χ2v) is 10.2. The van der Waals surface area contributed by atoms with Crippen molar-refractivity contribution in [2.45, 2.75) is 40.7 Å². The van der Waals surface area contributed by atoms with Crippen LogP contribution in [0.2, 0.25) is 0 Å². The lowest BCUT2D eigenvalue weighted by atomic mass is 9.87. The number of benzene rings is 3. The largest absolute Gasteiger partial charge is 0.507 e. The SMILES string of the molecule is CSNC(=O)Nc1cccc(-c2cccc(COc3ccc(C(=O)CC(C)(C)C)c(O)c3C)c2)c1. The van der Waals surface area contributed by atoms with E-state index < -0.39 is 0 Å². The summed E-state index contributed by atoms with van der Waals surface area (Å²) in [5.74, 6) is 0.423. The van der Waals surface area contributed by atoms with Gasteiger partial charge < -0.3 is 15.2 Å². The number of nitrogens with one attached hydrogen (secondary N) is 2. The molecular formula is C28H32N2O4S. The summed E-state index contributed by atoms with van der Waals surface area (Å²) >= 11 is 1.23. The number of hydrogen-bond acceptors (Lipinski definition) is 5. The molecule has 0 atom stereocenters. The molecule has 0 fully saturated rings. The molecule has 184 valence electrons. The third kappa shape index (κ3) is 7.26. The van der Waals surface area contributed by atoms with E-state index in [1.54, 1.807) is 25.3 Å². The van der Waals surface area contributed by atoms with Crippen LogP contribution in [0.15, 0.2) is 60.7 Å². The van der Waals surface area contributed by atoms with Crippen LogP contribution in [0.1, 0.15) is 48.7 Å². The number of urea groups is 1.